The van der Waals surface area contributed by atoms with Crippen LogP contribution in [-0.2, 0) is 0 Å². The number of nitrogens with one attached hydrogen (secondary N) is 2. The van der Waals surface area contributed by atoms with Crippen molar-refractivity contribution in [2.24, 2.45) is 11.8 Å². The van der Waals surface area contributed by atoms with Gasteiger partial charge in [0.2, 0.25) is 0 Å². The molecule has 0 saturated heterocycles. The highest BCUT2D eigenvalue weighted by atomic mass is 127. The maximum absolute atomic E-state index is 13.5. The van der Waals surface area contributed by atoms with E-state index in [0.29, 0.717) is 15.4 Å². The van der Waals surface area contributed by atoms with Crippen LogP contribution in [0.15, 0.2) is 12.1 Å². The van der Waals surface area contributed by atoms with E-state index in [2.05, 4.69) is 24.5 Å². The van der Waals surface area contributed by atoms with E-state index < -0.39 is 0 Å². The number of fused-ring (bicyclic) bond motifs is 1. The van der Waals surface area contributed by atoms with Crippen LogP contribution in [0.5, 0.6) is 0 Å². The molecular formula is C13H18FIN2. The Kier molecular flexibility index (Phi) is 4.12. The number of hydrogen-bond acceptors (Lipinski definition) is 2. The van der Waals surface area contributed by atoms with Gasteiger partial charge in [-0.05, 0) is 46.9 Å². The van der Waals surface area contributed by atoms with Gasteiger partial charge < -0.3 is 10.6 Å². The smallest absolute Gasteiger partial charge is 0.138 e. The van der Waals surface area contributed by atoms with Crippen LogP contribution in [0.2, 0.25) is 0 Å². The van der Waals surface area contributed by atoms with Crippen molar-refractivity contribution in [1.82, 2.24) is 0 Å². The van der Waals surface area contributed by atoms with Crippen molar-refractivity contribution >= 4 is 34.0 Å². The Morgan fingerprint density at radius 2 is 1.88 bits per heavy atom. The maximum Gasteiger partial charge on any atom is 0.138 e. The van der Waals surface area contributed by atoms with Gasteiger partial charge in [-0.3, -0.25) is 0 Å². The highest BCUT2D eigenvalue weighted by Crippen LogP contribution is 2.30. The van der Waals surface area contributed by atoms with Crippen molar-refractivity contribution in [2.45, 2.75) is 20.3 Å². The summed E-state index contributed by atoms with van der Waals surface area (Å²) in [5.41, 5.74) is 1.90. The van der Waals surface area contributed by atoms with Gasteiger partial charge in [0.1, 0.15) is 5.82 Å². The van der Waals surface area contributed by atoms with Crippen LogP contribution in [-0.4, -0.2) is 13.1 Å². The van der Waals surface area contributed by atoms with E-state index in [1.165, 1.54) is 6.42 Å². The molecule has 1 aromatic rings. The first-order chi connectivity index (χ1) is 8.06. The zero-order valence-electron chi connectivity index (χ0n) is 10.2. The van der Waals surface area contributed by atoms with Crippen LogP contribution in [0.1, 0.15) is 20.3 Å². The Labute approximate surface area is 116 Å². The molecule has 17 heavy (non-hydrogen) atoms. The standard InChI is InChI=1S/C13H18FIN2/c1-8(2)3-9-6-16-12-4-10(14)11(15)5-13(12)17-7-9/h4-5,8-9,16-17H,3,6-7H2,1-2H3. The van der Waals surface area contributed by atoms with Gasteiger partial charge in [0.05, 0.1) is 14.9 Å². The lowest BCUT2D eigenvalue weighted by Gasteiger charge is -2.16. The second-order valence-electron chi connectivity index (χ2n) is 5.07. The van der Waals surface area contributed by atoms with Crippen LogP contribution in [0.3, 0.4) is 0 Å². The third-order valence-corrected chi connectivity index (χ3v) is 3.85. The normalized spacial score (nSPS) is 19.2. The molecule has 2 N–H and O–H groups in total. The summed E-state index contributed by atoms with van der Waals surface area (Å²) in [5.74, 6) is 1.14. The number of rotatable bonds is 2. The molecule has 0 spiro atoms. The van der Waals surface area contributed by atoms with Crippen molar-refractivity contribution in [3.05, 3.63) is 21.5 Å². The lowest BCUT2D eigenvalue weighted by atomic mass is 9.97. The molecule has 2 nitrogen and oxygen atoms in total. The fourth-order valence-corrected chi connectivity index (χ4v) is 2.72. The summed E-state index contributed by atoms with van der Waals surface area (Å²) in [6.45, 7) is 6.35. The summed E-state index contributed by atoms with van der Waals surface area (Å²) in [7, 11) is 0. The summed E-state index contributed by atoms with van der Waals surface area (Å²) in [6.07, 6.45) is 1.19. The van der Waals surface area contributed by atoms with E-state index in [9.17, 15) is 4.39 Å². The minimum Gasteiger partial charge on any atom is -0.383 e. The predicted molar refractivity (Wildman–Crippen MR) is 79.0 cm³/mol. The SMILES string of the molecule is CC(C)CC1CNc2cc(F)c(I)cc2NC1. The van der Waals surface area contributed by atoms with Gasteiger partial charge in [0.15, 0.2) is 0 Å². The largest absolute Gasteiger partial charge is 0.383 e. The zero-order chi connectivity index (χ0) is 12.4. The highest BCUT2D eigenvalue weighted by Gasteiger charge is 2.17. The van der Waals surface area contributed by atoms with Gasteiger partial charge in [-0.15, -0.1) is 0 Å². The second kappa shape index (κ2) is 5.42. The summed E-state index contributed by atoms with van der Waals surface area (Å²) in [4.78, 5) is 0. The molecule has 0 fully saturated rings. The van der Waals surface area contributed by atoms with E-state index in [1.807, 2.05) is 28.7 Å². The first kappa shape index (κ1) is 12.9. The van der Waals surface area contributed by atoms with Gasteiger partial charge >= 0.3 is 0 Å². The van der Waals surface area contributed by atoms with E-state index in [1.54, 1.807) is 6.07 Å². The summed E-state index contributed by atoms with van der Waals surface area (Å²) in [5, 5.41) is 6.76. The minimum absolute atomic E-state index is 0.152. The fourth-order valence-electron chi connectivity index (χ4n) is 2.25. The van der Waals surface area contributed by atoms with Crippen molar-refractivity contribution in [2.75, 3.05) is 23.7 Å². The molecule has 1 aliphatic rings. The molecule has 0 saturated carbocycles. The molecule has 0 aromatic heterocycles. The van der Waals surface area contributed by atoms with Gasteiger partial charge in [0, 0.05) is 19.2 Å². The van der Waals surface area contributed by atoms with Crippen LogP contribution >= 0.6 is 22.6 Å². The summed E-state index contributed by atoms with van der Waals surface area (Å²) >= 11 is 2.03. The quantitative estimate of drug-likeness (QED) is 0.792. The zero-order valence-corrected chi connectivity index (χ0v) is 12.3. The molecule has 1 aliphatic heterocycles. The lowest BCUT2D eigenvalue weighted by Crippen LogP contribution is -2.20. The van der Waals surface area contributed by atoms with Crippen molar-refractivity contribution < 1.29 is 4.39 Å². The van der Waals surface area contributed by atoms with Gasteiger partial charge in [-0.1, -0.05) is 13.8 Å². The average Bonchev–Trinajstić information content (AvgIpc) is 2.43. The van der Waals surface area contributed by atoms with Crippen LogP contribution in [0, 0.1) is 21.2 Å². The molecule has 2 rings (SSSR count). The Balaban J connectivity index is 2.13. The molecular weight excluding hydrogens is 330 g/mol. The Hall–Kier alpha value is -0.520. The molecule has 0 radical (unpaired) electrons. The lowest BCUT2D eigenvalue weighted by molar-refractivity contribution is 0.444. The number of anilines is 2. The Morgan fingerprint density at radius 1 is 1.29 bits per heavy atom. The van der Waals surface area contributed by atoms with Crippen LogP contribution < -0.4 is 10.6 Å². The molecule has 94 valence electrons. The Bertz CT molecular complexity index is 374. The monoisotopic (exact) mass is 348 g/mol. The van der Waals surface area contributed by atoms with E-state index in [0.717, 1.165) is 24.5 Å². The maximum atomic E-state index is 13.5. The van der Waals surface area contributed by atoms with Gasteiger partial charge in [-0.2, -0.15) is 0 Å². The minimum atomic E-state index is -0.152. The summed E-state index contributed by atoms with van der Waals surface area (Å²) < 4.78 is 14.1. The van der Waals surface area contributed by atoms with E-state index in [4.69, 9.17) is 0 Å². The molecule has 0 amide bonds. The molecule has 1 aromatic carbocycles. The first-order valence-corrected chi connectivity index (χ1v) is 7.11. The second-order valence-corrected chi connectivity index (χ2v) is 6.23. The number of hydrogen-bond donors (Lipinski definition) is 2. The molecule has 1 heterocycles. The molecule has 4 heteroatoms. The Morgan fingerprint density at radius 3 is 2.47 bits per heavy atom. The van der Waals surface area contributed by atoms with Crippen molar-refractivity contribution in [3.8, 4) is 0 Å². The average molecular weight is 348 g/mol. The molecule has 1 unspecified atom stereocenters. The topological polar surface area (TPSA) is 24.1 Å². The molecule has 0 aliphatic carbocycles. The third-order valence-electron chi connectivity index (χ3n) is 3.03. The van der Waals surface area contributed by atoms with Crippen LogP contribution in [0.4, 0.5) is 15.8 Å². The van der Waals surface area contributed by atoms with Gasteiger partial charge in [-0.25, -0.2) is 4.39 Å². The third kappa shape index (κ3) is 3.24. The van der Waals surface area contributed by atoms with E-state index >= 15 is 0 Å². The number of halogens is 2. The summed E-state index contributed by atoms with van der Waals surface area (Å²) in [6, 6.07) is 3.46. The van der Waals surface area contributed by atoms with Crippen LogP contribution in [0.25, 0.3) is 0 Å². The predicted octanol–water partition coefficient (Wildman–Crippen LogP) is 3.93. The van der Waals surface area contributed by atoms with Gasteiger partial charge in [0.25, 0.3) is 0 Å². The molecule has 0 bridgehead atoms. The highest BCUT2D eigenvalue weighted by molar-refractivity contribution is 14.1. The number of benzene rings is 1. The van der Waals surface area contributed by atoms with Crippen molar-refractivity contribution in [3.63, 3.8) is 0 Å². The van der Waals surface area contributed by atoms with Crippen molar-refractivity contribution in [1.29, 1.82) is 0 Å². The first-order valence-electron chi connectivity index (χ1n) is 6.03. The fraction of sp³-hybridized carbons (Fsp3) is 0.538. The van der Waals surface area contributed by atoms with E-state index in [-0.39, 0.29) is 5.82 Å². The molecule has 1 atom stereocenters.